The van der Waals surface area contributed by atoms with Crippen LogP contribution in [0.5, 0.6) is 5.75 Å². The summed E-state index contributed by atoms with van der Waals surface area (Å²) in [5.74, 6) is 2.11. The molecule has 0 radical (unpaired) electrons. The molecule has 1 N–H and O–H groups in total. The molecule has 2 aliphatic carbocycles. The van der Waals surface area contributed by atoms with Crippen LogP contribution in [0.15, 0.2) is 18.2 Å². The summed E-state index contributed by atoms with van der Waals surface area (Å²) in [6, 6.07) is 6.73. The molecule has 1 spiro atoms. The fourth-order valence-electron chi connectivity index (χ4n) is 6.83. The highest BCUT2D eigenvalue weighted by molar-refractivity contribution is 5.76. The van der Waals surface area contributed by atoms with Crippen LogP contribution in [-0.4, -0.2) is 44.7 Å². The van der Waals surface area contributed by atoms with Crippen LogP contribution in [0.25, 0.3) is 0 Å². The molecule has 2 bridgehead atoms. The summed E-state index contributed by atoms with van der Waals surface area (Å²) in [5, 5.41) is 3.45. The van der Waals surface area contributed by atoms with Crippen LogP contribution in [0.3, 0.4) is 0 Å². The molecule has 1 heterocycles. The van der Waals surface area contributed by atoms with Gasteiger partial charge in [-0.3, -0.25) is 4.79 Å². The second-order valence-electron chi connectivity index (χ2n) is 10.5. The van der Waals surface area contributed by atoms with E-state index in [1.807, 2.05) is 6.92 Å². The summed E-state index contributed by atoms with van der Waals surface area (Å²) < 4.78 is 12.2. The Morgan fingerprint density at radius 3 is 2.77 bits per heavy atom. The van der Waals surface area contributed by atoms with Crippen molar-refractivity contribution < 1.29 is 14.3 Å². The Morgan fingerprint density at radius 2 is 2.10 bits per heavy atom. The molecular formula is C25H38N2O3. The van der Waals surface area contributed by atoms with Gasteiger partial charge in [-0.25, -0.2) is 0 Å². The first-order valence-electron chi connectivity index (χ1n) is 11.5. The van der Waals surface area contributed by atoms with E-state index in [1.165, 1.54) is 17.5 Å². The monoisotopic (exact) mass is 414 g/mol. The van der Waals surface area contributed by atoms with Crippen molar-refractivity contribution in [2.24, 2.45) is 22.7 Å². The molecule has 1 aromatic rings. The Morgan fingerprint density at radius 1 is 1.33 bits per heavy atom. The van der Waals surface area contributed by atoms with Gasteiger partial charge in [0.2, 0.25) is 5.91 Å². The first-order valence-corrected chi connectivity index (χ1v) is 11.5. The lowest BCUT2D eigenvalue weighted by Crippen LogP contribution is -2.58. The van der Waals surface area contributed by atoms with Gasteiger partial charge in [0, 0.05) is 31.2 Å². The average Bonchev–Trinajstić information content (AvgIpc) is 3.19. The SMILES string of the molecule is CCC(=O)N[C@H]1C(C)(C)[C@@H]2C[C@@H]3[C@@H](c4cc(CN(C)C)ccc4OC)OCC[C@@]31C2. The zero-order valence-corrected chi connectivity index (χ0v) is 19.5. The molecule has 3 aliphatic rings. The Bertz CT molecular complexity index is 806. The predicted octanol–water partition coefficient (Wildman–Crippen LogP) is 4.17. The number of hydrogen-bond donors (Lipinski definition) is 1. The van der Waals surface area contributed by atoms with Gasteiger partial charge in [-0.2, -0.15) is 0 Å². The maximum atomic E-state index is 12.4. The van der Waals surface area contributed by atoms with E-state index in [0.29, 0.717) is 18.3 Å². The van der Waals surface area contributed by atoms with Crippen LogP contribution in [0.2, 0.25) is 0 Å². The second-order valence-corrected chi connectivity index (χ2v) is 10.5. The zero-order chi connectivity index (χ0) is 21.7. The van der Waals surface area contributed by atoms with Gasteiger partial charge in [0.1, 0.15) is 5.75 Å². The third kappa shape index (κ3) is 3.34. The van der Waals surface area contributed by atoms with Crippen molar-refractivity contribution in [3.05, 3.63) is 29.3 Å². The van der Waals surface area contributed by atoms with Crippen molar-refractivity contribution in [2.75, 3.05) is 27.8 Å². The number of carbonyl (C=O) groups excluding carboxylic acids is 1. The van der Waals surface area contributed by atoms with Gasteiger partial charge in [-0.1, -0.05) is 26.8 Å². The quantitative estimate of drug-likeness (QED) is 0.759. The van der Waals surface area contributed by atoms with E-state index in [1.54, 1.807) is 7.11 Å². The molecule has 4 rings (SSSR count). The van der Waals surface area contributed by atoms with E-state index >= 15 is 0 Å². The van der Waals surface area contributed by atoms with Crippen molar-refractivity contribution in [3.63, 3.8) is 0 Å². The van der Waals surface area contributed by atoms with E-state index in [0.717, 1.165) is 31.7 Å². The number of benzene rings is 1. The van der Waals surface area contributed by atoms with Gasteiger partial charge >= 0.3 is 0 Å². The summed E-state index contributed by atoms with van der Waals surface area (Å²) in [6.07, 6.45) is 3.95. The highest BCUT2D eigenvalue weighted by Crippen LogP contribution is 2.70. The number of ether oxygens (including phenoxy) is 2. The van der Waals surface area contributed by atoms with E-state index in [4.69, 9.17) is 9.47 Å². The van der Waals surface area contributed by atoms with Crippen LogP contribution in [0.1, 0.15) is 63.7 Å². The molecular weight excluding hydrogens is 376 g/mol. The van der Waals surface area contributed by atoms with Crippen LogP contribution < -0.4 is 10.1 Å². The number of amides is 1. The van der Waals surface area contributed by atoms with Crippen LogP contribution in [0, 0.1) is 22.7 Å². The molecule has 5 atom stereocenters. The molecule has 1 aromatic carbocycles. The highest BCUT2D eigenvalue weighted by Gasteiger charge is 2.68. The minimum Gasteiger partial charge on any atom is -0.496 e. The molecule has 1 aliphatic heterocycles. The molecule has 2 saturated carbocycles. The third-order valence-corrected chi connectivity index (χ3v) is 8.23. The third-order valence-electron chi connectivity index (χ3n) is 8.23. The Kier molecular flexibility index (Phi) is 5.65. The minimum atomic E-state index is 0.0259. The maximum Gasteiger partial charge on any atom is 0.219 e. The highest BCUT2D eigenvalue weighted by atomic mass is 16.5. The largest absolute Gasteiger partial charge is 0.496 e. The van der Waals surface area contributed by atoms with Crippen molar-refractivity contribution in [2.45, 2.75) is 65.1 Å². The van der Waals surface area contributed by atoms with E-state index < -0.39 is 0 Å². The second kappa shape index (κ2) is 7.83. The lowest BCUT2D eigenvalue weighted by Gasteiger charge is -2.53. The Hall–Kier alpha value is -1.59. The number of methoxy groups -OCH3 is 1. The van der Waals surface area contributed by atoms with Gasteiger partial charge in [0.05, 0.1) is 13.2 Å². The summed E-state index contributed by atoms with van der Waals surface area (Å²) >= 11 is 0. The molecule has 30 heavy (non-hydrogen) atoms. The van der Waals surface area contributed by atoms with E-state index in [9.17, 15) is 4.79 Å². The number of nitrogens with zero attached hydrogens (tertiary/aromatic N) is 1. The first kappa shape index (κ1) is 21.6. The lowest BCUT2D eigenvalue weighted by atomic mass is 9.58. The molecule has 1 amide bonds. The standard InChI is InChI=1S/C25H38N2O3/c1-7-21(28)26-23-24(2,3)17-13-19-22(30-11-10-25(19,23)14-17)18-12-16(15-27(4)5)8-9-20(18)29-6/h8-9,12,17,19,22-23H,7,10-11,13-15H2,1-6H3,(H,26,28)/t17-,19-,22-,23+,25-/m1/s1. The van der Waals surface area contributed by atoms with Crippen molar-refractivity contribution in [3.8, 4) is 5.75 Å². The summed E-state index contributed by atoms with van der Waals surface area (Å²) in [4.78, 5) is 14.6. The van der Waals surface area contributed by atoms with E-state index in [2.05, 4.69) is 56.4 Å². The number of carbonyl (C=O) groups is 1. The minimum absolute atomic E-state index is 0.0259. The van der Waals surface area contributed by atoms with Gasteiger partial charge in [0.15, 0.2) is 0 Å². The van der Waals surface area contributed by atoms with Gasteiger partial charge < -0.3 is 19.7 Å². The zero-order valence-electron chi connectivity index (χ0n) is 19.5. The summed E-state index contributed by atoms with van der Waals surface area (Å²) in [5.41, 5.74) is 2.69. The number of nitrogens with one attached hydrogen (secondary N) is 1. The van der Waals surface area contributed by atoms with Crippen molar-refractivity contribution in [1.82, 2.24) is 10.2 Å². The van der Waals surface area contributed by atoms with Crippen LogP contribution >= 0.6 is 0 Å². The fourth-order valence-corrected chi connectivity index (χ4v) is 6.83. The van der Waals surface area contributed by atoms with Crippen molar-refractivity contribution >= 4 is 5.91 Å². The Labute approximate surface area is 181 Å². The van der Waals surface area contributed by atoms with E-state index in [-0.39, 0.29) is 28.9 Å². The number of hydrogen-bond acceptors (Lipinski definition) is 4. The van der Waals surface area contributed by atoms with Gasteiger partial charge in [-0.15, -0.1) is 0 Å². The number of fused-ring (bicyclic) bond motifs is 1. The van der Waals surface area contributed by atoms with Gasteiger partial charge in [-0.05, 0) is 73.7 Å². The smallest absolute Gasteiger partial charge is 0.219 e. The maximum absolute atomic E-state index is 12.4. The molecule has 0 unspecified atom stereocenters. The molecule has 3 fully saturated rings. The van der Waals surface area contributed by atoms with Gasteiger partial charge in [0.25, 0.3) is 0 Å². The Balaban J connectivity index is 1.71. The fraction of sp³-hybridized carbons (Fsp3) is 0.720. The summed E-state index contributed by atoms with van der Waals surface area (Å²) in [6.45, 7) is 8.28. The molecule has 5 heteroatoms. The summed E-state index contributed by atoms with van der Waals surface area (Å²) in [7, 11) is 5.93. The van der Waals surface area contributed by atoms with Crippen molar-refractivity contribution in [1.29, 1.82) is 0 Å². The molecule has 166 valence electrons. The molecule has 0 aromatic heterocycles. The topological polar surface area (TPSA) is 50.8 Å². The normalized spacial score (nSPS) is 34.1. The average molecular weight is 415 g/mol. The predicted molar refractivity (Wildman–Crippen MR) is 118 cm³/mol. The van der Waals surface area contributed by atoms with Crippen LogP contribution in [0.4, 0.5) is 0 Å². The lowest BCUT2D eigenvalue weighted by molar-refractivity contribution is -0.137. The molecule has 1 saturated heterocycles. The number of rotatable bonds is 6. The first-order chi connectivity index (χ1) is 14.2. The molecule has 5 nitrogen and oxygen atoms in total. The van der Waals surface area contributed by atoms with Crippen LogP contribution in [-0.2, 0) is 16.1 Å².